The third-order valence-electron chi connectivity index (χ3n) is 3.20. The number of hydrogen-bond acceptors (Lipinski definition) is 3. The van der Waals surface area contributed by atoms with E-state index < -0.39 is 5.43 Å². The number of methoxy groups -OCH3 is 1. The fourth-order valence-corrected chi connectivity index (χ4v) is 3.45. The van der Waals surface area contributed by atoms with Crippen molar-refractivity contribution in [2.75, 3.05) is 7.11 Å². The zero-order chi connectivity index (χ0) is 14.8. The lowest BCUT2D eigenvalue weighted by Crippen LogP contribution is -2.08. The maximum absolute atomic E-state index is 8.77. The van der Waals surface area contributed by atoms with Gasteiger partial charge in [-0.2, -0.15) is 11.8 Å². The van der Waals surface area contributed by atoms with Crippen LogP contribution in [0.25, 0.3) is 0 Å². The monoisotopic (exact) mass is 316 g/mol. The molecule has 0 unspecified atom stereocenters. The average Bonchev–Trinajstić information content (AvgIpc) is 2.46. The predicted octanol–water partition coefficient (Wildman–Crippen LogP) is 5.16. The maximum atomic E-state index is 8.77. The van der Waals surface area contributed by atoms with Crippen molar-refractivity contribution in [2.45, 2.75) is 43.1 Å². The van der Waals surface area contributed by atoms with Crippen molar-refractivity contribution in [3.63, 3.8) is 0 Å². The summed E-state index contributed by atoms with van der Waals surface area (Å²) in [5.74, 6) is 2.10. The molecule has 0 radical (unpaired) electrons. The Morgan fingerprint density at radius 2 is 1.85 bits per heavy atom. The predicted molar refractivity (Wildman–Crippen MR) is 85.0 cm³/mol. The molecule has 0 atom stereocenters. The second-order valence-corrected chi connectivity index (χ2v) is 6.28. The average molecular weight is 317 g/mol. The molecule has 0 amide bonds. The molecule has 3 nitrogen and oxygen atoms in total. The summed E-state index contributed by atoms with van der Waals surface area (Å²) in [6.07, 6.45) is 7.14. The number of hydrogen-bond donors (Lipinski definition) is 1. The van der Waals surface area contributed by atoms with Crippen LogP contribution < -0.4 is 4.74 Å². The Morgan fingerprint density at radius 1 is 1.30 bits per heavy atom. The molecule has 112 valence electrons. The summed E-state index contributed by atoms with van der Waals surface area (Å²) in [6.45, 7) is 0. The molecule has 0 bridgehead atoms. The van der Waals surface area contributed by atoms with Crippen LogP contribution in [0.3, 0.4) is 0 Å². The van der Waals surface area contributed by atoms with Gasteiger partial charge in [-0.3, -0.25) is 0 Å². The van der Waals surface area contributed by atoms with Crippen molar-refractivity contribution in [3.8, 4) is 5.75 Å². The van der Waals surface area contributed by atoms with Crippen LogP contribution in [0.4, 0.5) is 4.79 Å². The molecule has 1 aromatic carbocycles. The van der Waals surface area contributed by atoms with Gasteiger partial charge in [0.05, 0.1) is 7.11 Å². The molecule has 1 fully saturated rings. The molecule has 2 rings (SSSR count). The summed E-state index contributed by atoms with van der Waals surface area (Å²) in [7, 11) is 1.71. The molecule has 0 spiro atoms. The van der Waals surface area contributed by atoms with Crippen LogP contribution in [-0.4, -0.2) is 22.9 Å². The molecule has 0 aliphatic heterocycles. The fraction of sp³-hybridized carbons (Fsp3) is 0.533. The smallest absolute Gasteiger partial charge is 0.401 e. The first kappa shape index (κ1) is 17.2. The second kappa shape index (κ2) is 9.94. The van der Waals surface area contributed by atoms with Crippen LogP contribution in [0.2, 0.25) is 0 Å². The Bertz CT molecular complexity index is 385. The lowest BCUT2D eigenvalue weighted by molar-refractivity contribution is 0.220. The number of halogens is 1. The van der Waals surface area contributed by atoms with Crippen LogP contribution in [-0.2, 0) is 5.75 Å². The van der Waals surface area contributed by atoms with E-state index in [9.17, 15) is 0 Å². The highest BCUT2D eigenvalue weighted by Gasteiger charge is 2.13. The third kappa shape index (κ3) is 7.65. The number of benzene rings is 1. The third-order valence-corrected chi connectivity index (χ3v) is 4.64. The summed E-state index contributed by atoms with van der Waals surface area (Å²) in [4.78, 5) is 8.77. The molecule has 1 saturated carbocycles. The highest BCUT2D eigenvalue weighted by atomic mass is 35.5. The molecular formula is C15H21ClO3S. The van der Waals surface area contributed by atoms with Crippen LogP contribution in [0.5, 0.6) is 5.75 Å². The molecule has 1 aromatic rings. The van der Waals surface area contributed by atoms with Gasteiger partial charge in [0.25, 0.3) is 0 Å². The minimum atomic E-state index is -1.36. The molecule has 1 aliphatic carbocycles. The van der Waals surface area contributed by atoms with Crippen molar-refractivity contribution < 1.29 is 14.6 Å². The van der Waals surface area contributed by atoms with E-state index in [4.69, 9.17) is 14.6 Å². The molecule has 1 aliphatic rings. The quantitative estimate of drug-likeness (QED) is 0.779. The number of ether oxygens (including phenoxy) is 1. The van der Waals surface area contributed by atoms with E-state index in [0.29, 0.717) is 0 Å². The normalized spacial score (nSPS) is 15.1. The number of thioether (sulfide) groups is 1. The molecule has 0 aromatic heterocycles. The second-order valence-electron chi connectivity index (χ2n) is 4.67. The molecule has 0 heterocycles. The Labute approximate surface area is 129 Å². The summed E-state index contributed by atoms with van der Waals surface area (Å²) < 4.78 is 5.16. The summed E-state index contributed by atoms with van der Waals surface area (Å²) >= 11 is 6.31. The number of carboxylic acid groups (broad SMARTS) is 1. The first-order valence-corrected chi connectivity index (χ1v) is 8.17. The van der Waals surface area contributed by atoms with Crippen molar-refractivity contribution in [3.05, 3.63) is 29.8 Å². The van der Waals surface area contributed by atoms with Gasteiger partial charge in [-0.15, -0.1) is 0 Å². The molecule has 5 heteroatoms. The van der Waals surface area contributed by atoms with Crippen molar-refractivity contribution in [1.82, 2.24) is 0 Å². The van der Waals surface area contributed by atoms with E-state index in [1.165, 1.54) is 37.7 Å². The van der Waals surface area contributed by atoms with E-state index in [-0.39, 0.29) is 0 Å². The van der Waals surface area contributed by atoms with Crippen LogP contribution >= 0.6 is 23.4 Å². The van der Waals surface area contributed by atoms with E-state index >= 15 is 0 Å². The summed E-state index contributed by atoms with van der Waals surface area (Å²) in [6, 6.07) is 8.46. The van der Waals surface area contributed by atoms with Crippen LogP contribution in [0.1, 0.15) is 37.7 Å². The minimum Gasteiger partial charge on any atom is -0.497 e. The lowest BCUT2D eigenvalue weighted by Gasteiger charge is -2.20. The van der Waals surface area contributed by atoms with E-state index in [1.807, 2.05) is 0 Å². The van der Waals surface area contributed by atoms with Gasteiger partial charge in [0, 0.05) is 22.6 Å². The van der Waals surface area contributed by atoms with Gasteiger partial charge >= 0.3 is 5.43 Å². The topological polar surface area (TPSA) is 46.5 Å². The number of rotatable bonds is 4. The Hall–Kier alpha value is -0.870. The highest BCUT2D eigenvalue weighted by Crippen LogP contribution is 2.30. The lowest BCUT2D eigenvalue weighted by atomic mass is 10.0. The van der Waals surface area contributed by atoms with Crippen molar-refractivity contribution in [1.29, 1.82) is 0 Å². The van der Waals surface area contributed by atoms with Crippen molar-refractivity contribution >= 4 is 28.8 Å². The van der Waals surface area contributed by atoms with E-state index in [1.54, 1.807) is 7.11 Å². The van der Waals surface area contributed by atoms with Gasteiger partial charge in [0.2, 0.25) is 0 Å². The van der Waals surface area contributed by atoms with Gasteiger partial charge in [-0.25, -0.2) is 4.79 Å². The maximum Gasteiger partial charge on any atom is 0.401 e. The SMILES string of the molecule is COc1ccc(CSC2CCCCC2)cc1.O=C(O)Cl. The van der Waals surface area contributed by atoms with Gasteiger partial charge in [-0.1, -0.05) is 31.4 Å². The minimum absolute atomic E-state index is 0.899. The molecular weight excluding hydrogens is 296 g/mol. The largest absolute Gasteiger partial charge is 0.497 e. The van der Waals surface area contributed by atoms with Gasteiger partial charge in [0.1, 0.15) is 5.75 Å². The van der Waals surface area contributed by atoms with Crippen LogP contribution in [0, 0.1) is 0 Å². The highest BCUT2D eigenvalue weighted by molar-refractivity contribution is 7.99. The van der Waals surface area contributed by atoms with Gasteiger partial charge in [0.15, 0.2) is 0 Å². The van der Waals surface area contributed by atoms with Crippen molar-refractivity contribution in [2.24, 2.45) is 0 Å². The first-order valence-electron chi connectivity index (χ1n) is 6.74. The fourth-order valence-electron chi connectivity index (χ4n) is 2.17. The summed E-state index contributed by atoms with van der Waals surface area (Å²) in [5, 5.41) is 8.08. The van der Waals surface area contributed by atoms with E-state index in [2.05, 4.69) is 47.6 Å². The zero-order valence-electron chi connectivity index (χ0n) is 11.7. The standard InChI is InChI=1S/C14H20OS.CHClO2/c1-15-13-9-7-12(8-10-13)11-16-14-5-3-2-4-6-14;2-1(3)4/h7-10,14H,2-6,11H2,1H3;(H,3,4). The first-order chi connectivity index (χ1) is 9.61. The van der Waals surface area contributed by atoms with E-state index in [0.717, 1.165) is 16.8 Å². The van der Waals surface area contributed by atoms with Crippen LogP contribution in [0.15, 0.2) is 24.3 Å². The Morgan fingerprint density at radius 3 is 2.35 bits per heavy atom. The Kier molecular flexibility index (Phi) is 8.54. The van der Waals surface area contributed by atoms with Gasteiger partial charge < -0.3 is 9.84 Å². The Balaban J connectivity index is 0.000000444. The number of carbonyl (C=O) groups is 1. The summed E-state index contributed by atoms with van der Waals surface area (Å²) in [5.41, 5.74) is 0.0522. The molecule has 1 N–H and O–H groups in total. The molecule has 0 saturated heterocycles. The zero-order valence-corrected chi connectivity index (χ0v) is 13.3. The van der Waals surface area contributed by atoms with Gasteiger partial charge in [-0.05, 0) is 30.5 Å². The molecule has 20 heavy (non-hydrogen) atoms.